The molecule has 1 atom stereocenters. The van der Waals surface area contributed by atoms with Crippen LogP contribution < -0.4 is 5.32 Å². The largest absolute Gasteiger partial charge is 0.394 e. The predicted octanol–water partition coefficient (Wildman–Crippen LogP) is 2.41. The van der Waals surface area contributed by atoms with Crippen LogP contribution in [0.25, 0.3) is 0 Å². The molecule has 1 aromatic heterocycles. The Hall–Kier alpha value is -1.72. The Morgan fingerprint density at radius 2 is 2.06 bits per heavy atom. The molecule has 0 fully saturated rings. The number of hydrogen-bond acceptors (Lipinski definition) is 4. The molecule has 2 N–H and O–H groups in total. The van der Waals surface area contributed by atoms with E-state index < -0.39 is 11.9 Å². The van der Waals surface area contributed by atoms with Gasteiger partial charge in [0.25, 0.3) is 0 Å². The number of aliphatic hydroxyl groups excluding tert-OH is 1. The summed E-state index contributed by atoms with van der Waals surface area (Å²) in [6.45, 7) is -0.189. The molecule has 1 heterocycles. The highest BCUT2D eigenvalue weighted by atomic mass is 35.5. The molecule has 6 heteroatoms. The van der Waals surface area contributed by atoms with E-state index >= 15 is 0 Å². The minimum Gasteiger partial charge on any atom is -0.394 e. The van der Waals surface area contributed by atoms with Crippen molar-refractivity contribution in [2.75, 3.05) is 11.9 Å². The van der Waals surface area contributed by atoms with E-state index in [2.05, 4.69) is 15.3 Å². The van der Waals surface area contributed by atoms with Crippen molar-refractivity contribution in [2.24, 2.45) is 0 Å². The van der Waals surface area contributed by atoms with E-state index in [1.54, 1.807) is 0 Å². The number of nitrogens with one attached hydrogen (secondary N) is 1. The third-order valence-corrected chi connectivity index (χ3v) is 2.59. The second-order valence-electron chi connectivity index (χ2n) is 3.63. The lowest BCUT2D eigenvalue weighted by Crippen LogP contribution is -2.16. The van der Waals surface area contributed by atoms with Crippen LogP contribution in [0.2, 0.25) is 5.28 Å². The SMILES string of the molecule is OCC(Nc1nc(Cl)ncc1F)c1ccccc1. The van der Waals surface area contributed by atoms with E-state index in [-0.39, 0.29) is 17.7 Å². The molecule has 0 saturated heterocycles. The molecular formula is C12H11ClFN3O. The van der Waals surface area contributed by atoms with Gasteiger partial charge in [0.1, 0.15) is 0 Å². The maximum absolute atomic E-state index is 13.5. The van der Waals surface area contributed by atoms with Crippen LogP contribution in [0.4, 0.5) is 10.2 Å². The van der Waals surface area contributed by atoms with Gasteiger partial charge in [0.15, 0.2) is 11.6 Å². The monoisotopic (exact) mass is 267 g/mol. The quantitative estimate of drug-likeness (QED) is 0.836. The maximum Gasteiger partial charge on any atom is 0.224 e. The molecule has 2 rings (SSSR count). The van der Waals surface area contributed by atoms with Crippen molar-refractivity contribution >= 4 is 17.4 Å². The lowest BCUT2D eigenvalue weighted by molar-refractivity contribution is 0.276. The van der Waals surface area contributed by atoms with Gasteiger partial charge in [0, 0.05) is 0 Å². The van der Waals surface area contributed by atoms with Crippen molar-refractivity contribution in [1.29, 1.82) is 0 Å². The van der Waals surface area contributed by atoms with Gasteiger partial charge in [-0.2, -0.15) is 4.98 Å². The fourth-order valence-electron chi connectivity index (χ4n) is 1.53. The zero-order valence-electron chi connectivity index (χ0n) is 9.35. The zero-order chi connectivity index (χ0) is 13.0. The van der Waals surface area contributed by atoms with Crippen molar-refractivity contribution in [3.8, 4) is 0 Å². The van der Waals surface area contributed by atoms with Gasteiger partial charge in [0.05, 0.1) is 18.8 Å². The van der Waals surface area contributed by atoms with Crippen molar-refractivity contribution in [2.45, 2.75) is 6.04 Å². The van der Waals surface area contributed by atoms with Crippen LogP contribution in [-0.4, -0.2) is 21.7 Å². The smallest absolute Gasteiger partial charge is 0.224 e. The highest BCUT2D eigenvalue weighted by molar-refractivity contribution is 6.28. The molecule has 1 unspecified atom stereocenters. The first-order valence-electron chi connectivity index (χ1n) is 5.31. The Labute approximate surface area is 108 Å². The molecule has 0 saturated carbocycles. The number of nitrogens with zero attached hydrogens (tertiary/aromatic N) is 2. The molecule has 18 heavy (non-hydrogen) atoms. The lowest BCUT2D eigenvalue weighted by Gasteiger charge is -2.17. The summed E-state index contributed by atoms with van der Waals surface area (Å²) in [6.07, 6.45) is 0.983. The summed E-state index contributed by atoms with van der Waals surface area (Å²) in [4.78, 5) is 7.27. The van der Waals surface area contributed by atoms with Crippen LogP contribution in [0.3, 0.4) is 0 Å². The van der Waals surface area contributed by atoms with Gasteiger partial charge in [-0.3, -0.25) is 0 Å². The molecule has 2 aromatic rings. The second-order valence-corrected chi connectivity index (χ2v) is 3.96. The minimum atomic E-state index is -0.617. The molecule has 0 bridgehead atoms. The topological polar surface area (TPSA) is 58.0 Å². The summed E-state index contributed by atoms with van der Waals surface area (Å²) >= 11 is 5.60. The van der Waals surface area contributed by atoms with Crippen molar-refractivity contribution in [3.63, 3.8) is 0 Å². The van der Waals surface area contributed by atoms with E-state index in [4.69, 9.17) is 11.6 Å². The summed E-state index contributed by atoms with van der Waals surface area (Å²) in [5.74, 6) is -0.647. The zero-order valence-corrected chi connectivity index (χ0v) is 10.1. The summed E-state index contributed by atoms with van der Waals surface area (Å²) in [5.41, 5.74) is 0.828. The molecule has 0 aliphatic rings. The molecule has 0 aliphatic carbocycles. The van der Waals surface area contributed by atoms with E-state index in [0.29, 0.717) is 0 Å². The second kappa shape index (κ2) is 5.75. The normalized spacial score (nSPS) is 12.2. The third kappa shape index (κ3) is 2.94. The van der Waals surface area contributed by atoms with Gasteiger partial charge in [-0.15, -0.1) is 0 Å². The Morgan fingerprint density at radius 1 is 1.33 bits per heavy atom. The molecule has 4 nitrogen and oxygen atoms in total. The van der Waals surface area contributed by atoms with Crippen molar-refractivity contribution < 1.29 is 9.50 Å². The number of rotatable bonds is 4. The highest BCUT2D eigenvalue weighted by Crippen LogP contribution is 2.20. The molecule has 0 radical (unpaired) electrons. The number of aliphatic hydroxyl groups is 1. The van der Waals surface area contributed by atoms with Crippen LogP contribution >= 0.6 is 11.6 Å². The summed E-state index contributed by atoms with van der Waals surface area (Å²) < 4.78 is 13.5. The number of aromatic nitrogens is 2. The van der Waals surface area contributed by atoms with Crippen LogP contribution in [0, 0.1) is 5.82 Å². The van der Waals surface area contributed by atoms with Gasteiger partial charge in [-0.25, -0.2) is 9.37 Å². The van der Waals surface area contributed by atoms with Crippen LogP contribution in [0.1, 0.15) is 11.6 Å². The van der Waals surface area contributed by atoms with E-state index in [1.807, 2.05) is 30.3 Å². The Bertz CT molecular complexity index is 524. The number of hydrogen-bond donors (Lipinski definition) is 2. The van der Waals surface area contributed by atoms with Gasteiger partial charge in [-0.05, 0) is 17.2 Å². The average Bonchev–Trinajstić information content (AvgIpc) is 2.41. The molecule has 94 valence electrons. The Morgan fingerprint density at radius 3 is 2.72 bits per heavy atom. The maximum atomic E-state index is 13.5. The molecule has 0 amide bonds. The van der Waals surface area contributed by atoms with Gasteiger partial charge in [0.2, 0.25) is 5.28 Å². The average molecular weight is 268 g/mol. The molecule has 0 spiro atoms. The molecule has 1 aromatic carbocycles. The fourth-order valence-corrected chi connectivity index (χ4v) is 1.66. The number of halogens is 2. The van der Waals surface area contributed by atoms with Gasteiger partial charge in [-0.1, -0.05) is 30.3 Å². The summed E-state index contributed by atoms with van der Waals surface area (Å²) in [7, 11) is 0. The predicted molar refractivity (Wildman–Crippen MR) is 66.9 cm³/mol. The van der Waals surface area contributed by atoms with Gasteiger partial charge < -0.3 is 10.4 Å². The van der Waals surface area contributed by atoms with Crippen molar-refractivity contribution in [3.05, 3.63) is 53.2 Å². The minimum absolute atomic E-state index is 0.0297. The molecule has 0 aliphatic heterocycles. The van der Waals surface area contributed by atoms with Crippen LogP contribution in [0.15, 0.2) is 36.5 Å². The van der Waals surface area contributed by atoms with Crippen molar-refractivity contribution in [1.82, 2.24) is 9.97 Å². The fraction of sp³-hybridized carbons (Fsp3) is 0.167. The van der Waals surface area contributed by atoms with Crippen LogP contribution in [0.5, 0.6) is 0 Å². The van der Waals surface area contributed by atoms with Crippen LogP contribution in [-0.2, 0) is 0 Å². The Balaban J connectivity index is 2.23. The standard InChI is InChI=1S/C12H11ClFN3O/c13-12-15-6-9(14)11(17-12)16-10(7-18)8-4-2-1-3-5-8/h1-6,10,18H,7H2,(H,15,16,17). The van der Waals surface area contributed by atoms with E-state index in [1.165, 1.54) is 0 Å². The third-order valence-electron chi connectivity index (χ3n) is 2.41. The molecular weight excluding hydrogens is 257 g/mol. The highest BCUT2D eigenvalue weighted by Gasteiger charge is 2.13. The van der Waals surface area contributed by atoms with E-state index in [9.17, 15) is 9.50 Å². The van der Waals surface area contributed by atoms with E-state index in [0.717, 1.165) is 11.8 Å². The first kappa shape index (κ1) is 12.7. The summed E-state index contributed by atoms with van der Waals surface area (Å²) in [6, 6.07) is 8.74. The Kier molecular flexibility index (Phi) is 4.07. The lowest BCUT2D eigenvalue weighted by atomic mass is 10.1. The first-order chi connectivity index (χ1) is 8.70. The number of benzene rings is 1. The number of anilines is 1. The summed E-state index contributed by atoms with van der Waals surface area (Å²) in [5, 5.41) is 12.1. The first-order valence-corrected chi connectivity index (χ1v) is 5.69. The van der Waals surface area contributed by atoms with Gasteiger partial charge >= 0.3 is 0 Å².